The van der Waals surface area contributed by atoms with Crippen molar-refractivity contribution in [2.75, 3.05) is 0 Å². The average Bonchev–Trinajstić information content (AvgIpc) is 3.29. The molecule has 0 atom stereocenters. The Morgan fingerprint density at radius 1 is 0.725 bits per heavy atom. The standard InChI is InChI=1S/C33H26N2O5/c1-4-35-28-16-14-23(31(37)25-13-9-8-10-20(25)2)18-26(28)27-19-24(15-17-29(27)35)33(39)30(34-40-21(3)36)32(38)22-11-6-5-7-12-22/h5-19H,4H2,1-3H3. The van der Waals surface area contributed by atoms with Crippen molar-refractivity contribution in [2.24, 2.45) is 5.16 Å². The lowest BCUT2D eigenvalue weighted by Gasteiger charge is -2.06. The smallest absolute Gasteiger partial charge is 0.332 e. The number of benzene rings is 4. The summed E-state index contributed by atoms with van der Waals surface area (Å²) in [6.07, 6.45) is 0. The first kappa shape index (κ1) is 26.4. The molecule has 0 unspecified atom stereocenters. The number of nitrogens with zero attached hydrogens (tertiary/aromatic N) is 2. The van der Waals surface area contributed by atoms with Gasteiger partial charge in [0.05, 0.1) is 0 Å². The Labute approximate surface area is 230 Å². The molecule has 0 aliphatic carbocycles. The number of fused-ring (bicyclic) bond motifs is 3. The molecule has 1 heterocycles. The molecule has 4 aromatic carbocycles. The monoisotopic (exact) mass is 530 g/mol. The van der Waals surface area contributed by atoms with Crippen molar-refractivity contribution >= 4 is 50.8 Å². The van der Waals surface area contributed by atoms with Crippen LogP contribution in [-0.4, -0.2) is 33.6 Å². The van der Waals surface area contributed by atoms with Crippen LogP contribution in [0.25, 0.3) is 21.8 Å². The van der Waals surface area contributed by atoms with Crippen molar-refractivity contribution in [3.05, 3.63) is 119 Å². The minimum absolute atomic E-state index is 0.0890. The van der Waals surface area contributed by atoms with Crippen LogP contribution in [0.5, 0.6) is 0 Å². The van der Waals surface area contributed by atoms with Crippen LogP contribution in [0.3, 0.4) is 0 Å². The van der Waals surface area contributed by atoms with Gasteiger partial charge in [-0.3, -0.25) is 14.4 Å². The molecule has 5 rings (SSSR count). The van der Waals surface area contributed by atoms with E-state index in [0.29, 0.717) is 17.7 Å². The third kappa shape index (κ3) is 4.85. The predicted octanol–water partition coefficient (Wildman–Crippen LogP) is 6.34. The summed E-state index contributed by atoms with van der Waals surface area (Å²) in [4.78, 5) is 56.4. The van der Waals surface area contributed by atoms with Crippen molar-refractivity contribution in [3.8, 4) is 0 Å². The van der Waals surface area contributed by atoms with Crippen molar-refractivity contribution in [2.45, 2.75) is 27.3 Å². The van der Waals surface area contributed by atoms with Gasteiger partial charge in [-0.25, -0.2) is 4.79 Å². The van der Waals surface area contributed by atoms with Gasteiger partial charge in [0.25, 0.3) is 0 Å². The quantitative estimate of drug-likeness (QED) is 0.0767. The lowest BCUT2D eigenvalue weighted by atomic mass is 9.96. The van der Waals surface area contributed by atoms with E-state index in [1.807, 2.05) is 62.4 Å². The van der Waals surface area contributed by atoms with Crippen LogP contribution in [-0.2, 0) is 16.2 Å². The molecule has 7 heteroatoms. The summed E-state index contributed by atoms with van der Waals surface area (Å²) in [5.74, 6) is -2.18. The zero-order valence-electron chi connectivity index (χ0n) is 22.3. The maximum atomic E-state index is 13.6. The van der Waals surface area contributed by atoms with Crippen LogP contribution in [0.2, 0.25) is 0 Å². The highest BCUT2D eigenvalue weighted by molar-refractivity contribution is 6.71. The second-order valence-corrected chi connectivity index (χ2v) is 9.40. The summed E-state index contributed by atoms with van der Waals surface area (Å²) in [5.41, 5.74) is 3.78. The lowest BCUT2D eigenvalue weighted by molar-refractivity contribution is -0.140. The second kappa shape index (κ2) is 10.9. The third-order valence-electron chi connectivity index (χ3n) is 6.83. The van der Waals surface area contributed by atoms with E-state index in [1.54, 1.807) is 42.5 Å². The van der Waals surface area contributed by atoms with Crippen LogP contribution < -0.4 is 0 Å². The molecule has 198 valence electrons. The zero-order chi connectivity index (χ0) is 28.4. The molecule has 0 bridgehead atoms. The number of aryl methyl sites for hydroxylation is 2. The van der Waals surface area contributed by atoms with Gasteiger partial charge >= 0.3 is 5.97 Å². The van der Waals surface area contributed by atoms with E-state index in [1.165, 1.54) is 0 Å². The summed E-state index contributed by atoms with van der Waals surface area (Å²) in [7, 11) is 0. The highest BCUT2D eigenvalue weighted by Gasteiger charge is 2.26. The SMILES string of the molecule is CCn1c2ccc(C(=O)C(=NOC(C)=O)C(=O)c3ccccc3)cc2c2cc(C(=O)c3ccccc3C)ccc21. The van der Waals surface area contributed by atoms with E-state index in [-0.39, 0.29) is 16.9 Å². The van der Waals surface area contributed by atoms with Crippen molar-refractivity contribution in [1.82, 2.24) is 4.57 Å². The normalized spacial score (nSPS) is 11.5. The fourth-order valence-electron chi connectivity index (χ4n) is 4.87. The molecule has 40 heavy (non-hydrogen) atoms. The molecule has 5 aromatic rings. The molecule has 0 saturated heterocycles. The fraction of sp³-hybridized carbons (Fsp3) is 0.121. The average molecular weight is 531 g/mol. The molecule has 0 saturated carbocycles. The first-order valence-electron chi connectivity index (χ1n) is 12.9. The zero-order valence-corrected chi connectivity index (χ0v) is 22.3. The molecule has 1 aromatic heterocycles. The van der Waals surface area contributed by atoms with Crippen molar-refractivity contribution in [1.29, 1.82) is 0 Å². The van der Waals surface area contributed by atoms with Gasteiger partial charge in [0.2, 0.25) is 11.6 Å². The largest absolute Gasteiger partial charge is 0.341 e. The lowest BCUT2D eigenvalue weighted by Crippen LogP contribution is -2.25. The maximum absolute atomic E-state index is 13.6. The van der Waals surface area contributed by atoms with Gasteiger partial charge < -0.3 is 9.40 Å². The molecular weight excluding hydrogens is 504 g/mol. The number of rotatable bonds is 8. The maximum Gasteiger partial charge on any atom is 0.332 e. The van der Waals surface area contributed by atoms with E-state index in [4.69, 9.17) is 4.84 Å². The molecule has 0 aliphatic rings. The summed E-state index contributed by atoms with van der Waals surface area (Å²) in [6, 6.07) is 26.3. The first-order chi connectivity index (χ1) is 19.3. The van der Waals surface area contributed by atoms with E-state index in [9.17, 15) is 19.2 Å². The molecule has 0 amide bonds. The Kier molecular flexibility index (Phi) is 7.21. The first-order valence-corrected chi connectivity index (χ1v) is 12.9. The van der Waals surface area contributed by atoms with E-state index in [2.05, 4.69) is 9.72 Å². The minimum atomic E-state index is -0.751. The summed E-state index contributed by atoms with van der Waals surface area (Å²) < 4.78 is 2.10. The number of aromatic nitrogens is 1. The Morgan fingerprint density at radius 2 is 1.30 bits per heavy atom. The number of hydrogen-bond donors (Lipinski definition) is 0. The molecular formula is C33H26N2O5. The number of ketones is 3. The number of hydrogen-bond acceptors (Lipinski definition) is 6. The van der Waals surface area contributed by atoms with Gasteiger partial charge in [-0.15, -0.1) is 0 Å². The van der Waals surface area contributed by atoms with Gasteiger partial charge in [-0.1, -0.05) is 59.8 Å². The second-order valence-electron chi connectivity index (χ2n) is 9.40. The van der Waals surface area contributed by atoms with E-state index in [0.717, 1.165) is 34.3 Å². The van der Waals surface area contributed by atoms with E-state index < -0.39 is 23.2 Å². The molecule has 0 N–H and O–H groups in total. The molecule has 0 spiro atoms. The molecule has 0 radical (unpaired) electrons. The molecule has 7 nitrogen and oxygen atoms in total. The molecule has 0 aliphatic heterocycles. The van der Waals surface area contributed by atoms with Gasteiger partial charge in [0.1, 0.15) is 0 Å². The Balaban J connectivity index is 1.63. The van der Waals surface area contributed by atoms with Crippen molar-refractivity contribution < 1.29 is 24.0 Å². The Hall–Kier alpha value is -5.17. The van der Waals surface area contributed by atoms with Crippen LogP contribution in [0.4, 0.5) is 0 Å². The van der Waals surface area contributed by atoms with E-state index >= 15 is 0 Å². The minimum Gasteiger partial charge on any atom is -0.341 e. The number of carbonyl (C=O) groups is 4. The Bertz CT molecular complexity index is 1850. The van der Waals surface area contributed by atoms with Crippen molar-refractivity contribution in [3.63, 3.8) is 0 Å². The third-order valence-corrected chi connectivity index (χ3v) is 6.83. The highest BCUT2D eigenvalue weighted by Crippen LogP contribution is 2.32. The number of carbonyl (C=O) groups excluding carboxylic acids is 4. The van der Waals surface area contributed by atoms with Gasteiger partial charge in [0.15, 0.2) is 11.5 Å². The number of Topliss-reactive ketones (excluding diaryl/α,β-unsaturated/α-hetero) is 2. The van der Waals surface area contributed by atoms with Crippen LogP contribution in [0.15, 0.2) is 96.2 Å². The van der Waals surface area contributed by atoms with Gasteiger partial charge in [-0.2, -0.15) is 0 Å². The summed E-state index contributed by atoms with van der Waals surface area (Å²) in [5, 5.41) is 5.19. The van der Waals surface area contributed by atoms with Crippen LogP contribution in [0, 0.1) is 6.92 Å². The predicted molar refractivity (Wildman–Crippen MR) is 154 cm³/mol. The summed E-state index contributed by atoms with van der Waals surface area (Å²) in [6.45, 7) is 5.73. The fourth-order valence-corrected chi connectivity index (χ4v) is 4.87. The van der Waals surface area contributed by atoms with Crippen LogP contribution in [0.1, 0.15) is 56.0 Å². The van der Waals surface area contributed by atoms with Gasteiger partial charge in [-0.05, 0) is 55.8 Å². The summed E-state index contributed by atoms with van der Waals surface area (Å²) >= 11 is 0. The number of oxime groups is 1. The highest BCUT2D eigenvalue weighted by atomic mass is 16.7. The van der Waals surface area contributed by atoms with Gasteiger partial charge in [0, 0.05) is 57.5 Å². The Morgan fingerprint density at radius 3 is 1.93 bits per heavy atom. The topological polar surface area (TPSA) is 94.8 Å². The molecule has 0 fully saturated rings. The van der Waals surface area contributed by atoms with Crippen LogP contribution >= 0.6 is 0 Å².